The van der Waals surface area contributed by atoms with Crippen molar-refractivity contribution in [3.8, 4) is 0 Å². The summed E-state index contributed by atoms with van der Waals surface area (Å²) in [6, 6.07) is 10.0. The van der Waals surface area contributed by atoms with E-state index in [9.17, 15) is 4.79 Å². The second kappa shape index (κ2) is 4.04. The zero-order valence-electron chi connectivity index (χ0n) is 9.58. The lowest BCUT2D eigenvalue weighted by molar-refractivity contribution is 0.0999. The zero-order valence-corrected chi connectivity index (χ0v) is 9.58. The van der Waals surface area contributed by atoms with Crippen molar-refractivity contribution in [3.05, 3.63) is 35.9 Å². The quantitative estimate of drug-likeness (QED) is 0.834. The standard InChI is InChI=1S/C13H16N2O2/c14-12-10-6-15(7-11(10)12)13(16)17-8-9-4-2-1-3-5-9/h1-5,10-12H,6-8,14H2/t10-,11+,12+. The second-order valence-electron chi connectivity index (χ2n) is 4.85. The third kappa shape index (κ3) is 2.00. The molecule has 3 rings (SSSR count). The Labute approximate surface area is 100 Å². The predicted molar refractivity (Wildman–Crippen MR) is 63.2 cm³/mol. The van der Waals surface area contributed by atoms with Gasteiger partial charge in [0, 0.05) is 19.1 Å². The van der Waals surface area contributed by atoms with Crippen molar-refractivity contribution in [2.75, 3.05) is 13.1 Å². The van der Waals surface area contributed by atoms with Gasteiger partial charge in [0.05, 0.1) is 0 Å². The van der Waals surface area contributed by atoms with E-state index < -0.39 is 0 Å². The average molecular weight is 232 g/mol. The summed E-state index contributed by atoms with van der Waals surface area (Å²) in [5, 5.41) is 0. The Balaban J connectivity index is 1.49. The van der Waals surface area contributed by atoms with Gasteiger partial charge in [0.15, 0.2) is 0 Å². The van der Waals surface area contributed by atoms with Gasteiger partial charge in [-0.15, -0.1) is 0 Å². The SMILES string of the molecule is N[C@@H]1[C@H]2CN(C(=O)OCc3ccccc3)C[C@@H]12. The van der Waals surface area contributed by atoms with Crippen molar-refractivity contribution in [2.24, 2.45) is 17.6 Å². The number of fused-ring (bicyclic) bond motifs is 1. The molecule has 1 aromatic rings. The van der Waals surface area contributed by atoms with Gasteiger partial charge in [-0.3, -0.25) is 0 Å². The van der Waals surface area contributed by atoms with Crippen LogP contribution in [0.25, 0.3) is 0 Å². The summed E-state index contributed by atoms with van der Waals surface area (Å²) in [4.78, 5) is 13.5. The number of carbonyl (C=O) groups excluding carboxylic acids is 1. The number of piperidine rings is 1. The largest absolute Gasteiger partial charge is 0.445 e. The van der Waals surface area contributed by atoms with E-state index in [4.69, 9.17) is 10.5 Å². The van der Waals surface area contributed by atoms with E-state index in [0.29, 0.717) is 24.5 Å². The molecule has 4 nitrogen and oxygen atoms in total. The Hall–Kier alpha value is -1.55. The van der Waals surface area contributed by atoms with Gasteiger partial charge in [-0.2, -0.15) is 0 Å². The number of amides is 1. The van der Waals surface area contributed by atoms with Gasteiger partial charge in [-0.1, -0.05) is 30.3 Å². The molecule has 0 spiro atoms. The minimum atomic E-state index is -0.215. The molecule has 1 heterocycles. The van der Waals surface area contributed by atoms with Crippen LogP contribution < -0.4 is 5.73 Å². The molecule has 2 fully saturated rings. The van der Waals surface area contributed by atoms with Crippen molar-refractivity contribution in [1.82, 2.24) is 4.90 Å². The number of hydrogen-bond donors (Lipinski definition) is 1. The number of hydrogen-bond acceptors (Lipinski definition) is 3. The molecule has 2 aliphatic rings. The fourth-order valence-corrected chi connectivity index (χ4v) is 2.53. The van der Waals surface area contributed by atoms with Crippen LogP contribution in [-0.4, -0.2) is 30.1 Å². The van der Waals surface area contributed by atoms with Gasteiger partial charge in [0.25, 0.3) is 0 Å². The fraction of sp³-hybridized carbons (Fsp3) is 0.462. The highest BCUT2D eigenvalue weighted by Gasteiger charge is 2.54. The van der Waals surface area contributed by atoms with Gasteiger partial charge in [-0.05, 0) is 17.4 Å². The number of carbonyl (C=O) groups is 1. The number of likely N-dealkylation sites (tertiary alicyclic amines) is 1. The van der Waals surface area contributed by atoms with Gasteiger partial charge in [-0.25, -0.2) is 4.79 Å². The first kappa shape index (κ1) is 10.6. The normalized spacial score (nSPS) is 29.9. The summed E-state index contributed by atoms with van der Waals surface area (Å²) < 4.78 is 5.26. The molecule has 1 saturated carbocycles. The molecule has 0 unspecified atom stereocenters. The molecule has 3 atom stereocenters. The number of benzene rings is 1. The number of rotatable bonds is 2. The minimum absolute atomic E-state index is 0.215. The third-order valence-electron chi connectivity index (χ3n) is 3.72. The average Bonchev–Trinajstić information content (AvgIpc) is 2.81. The summed E-state index contributed by atoms with van der Waals surface area (Å²) in [6.45, 7) is 1.87. The van der Waals surface area contributed by atoms with Crippen LogP contribution in [-0.2, 0) is 11.3 Å². The van der Waals surface area contributed by atoms with Crippen molar-refractivity contribution < 1.29 is 9.53 Å². The summed E-state index contributed by atoms with van der Waals surface area (Å²) in [6.07, 6.45) is -0.215. The van der Waals surface area contributed by atoms with Crippen LogP contribution in [0.2, 0.25) is 0 Å². The lowest BCUT2D eigenvalue weighted by atomic mass is 10.2. The lowest BCUT2D eigenvalue weighted by Gasteiger charge is -2.18. The number of nitrogens with zero attached hydrogens (tertiary/aromatic N) is 1. The molecule has 90 valence electrons. The zero-order chi connectivity index (χ0) is 11.8. The van der Waals surface area contributed by atoms with Crippen LogP contribution >= 0.6 is 0 Å². The molecule has 17 heavy (non-hydrogen) atoms. The van der Waals surface area contributed by atoms with Gasteiger partial charge >= 0.3 is 6.09 Å². The third-order valence-corrected chi connectivity index (χ3v) is 3.72. The summed E-state index contributed by atoms with van der Waals surface area (Å²) in [5.74, 6) is 1.03. The Morgan fingerprint density at radius 1 is 1.29 bits per heavy atom. The van der Waals surface area contributed by atoms with Crippen LogP contribution in [0.4, 0.5) is 4.79 Å². The van der Waals surface area contributed by atoms with Crippen molar-refractivity contribution in [1.29, 1.82) is 0 Å². The monoisotopic (exact) mass is 232 g/mol. The first-order chi connectivity index (χ1) is 8.25. The van der Waals surface area contributed by atoms with Gasteiger partial charge in [0.2, 0.25) is 0 Å². The maximum atomic E-state index is 11.8. The van der Waals surface area contributed by atoms with Crippen LogP contribution in [0.1, 0.15) is 5.56 Å². The first-order valence-corrected chi connectivity index (χ1v) is 5.97. The van der Waals surface area contributed by atoms with E-state index in [1.54, 1.807) is 4.90 Å². The van der Waals surface area contributed by atoms with Crippen LogP contribution in [0, 0.1) is 11.8 Å². The lowest BCUT2D eigenvalue weighted by Crippen LogP contribution is -2.34. The van der Waals surface area contributed by atoms with E-state index in [1.807, 2.05) is 30.3 Å². The van der Waals surface area contributed by atoms with E-state index in [-0.39, 0.29) is 6.09 Å². The number of nitrogens with two attached hydrogens (primary N) is 1. The Morgan fingerprint density at radius 2 is 1.94 bits per heavy atom. The maximum Gasteiger partial charge on any atom is 0.410 e. The van der Waals surface area contributed by atoms with E-state index in [1.165, 1.54) is 0 Å². The fourth-order valence-electron chi connectivity index (χ4n) is 2.53. The van der Waals surface area contributed by atoms with Crippen LogP contribution in [0.5, 0.6) is 0 Å². The second-order valence-corrected chi connectivity index (χ2v) is 4.85. The molecule has 1 aliphatic carbocycles. The predicted octanol–water partition coefficient (Wildman–Crippen LogP) is 1.21. The molecule has 0 aromatic heterocycles. The van der Waals surface area contributed by atoms with Crippen LogP contribution in [0.15, 0.2) is 30.3 Å². The van der Waals surface area contributed by atoms with Crippen molar-refractivity contribution in [2.45, 2.75) is 12.6 Å². The summed E-state index contributed by atoms with van der Waals surface area (Å²) in [5.41, 5.74) is 6.84. The Bertz CT molecular complexity index is 409. The molecular weight excluding hydrogens is 216 g/mol. The van der Waals surface area contributed by atoms with E-state index >= 15 is 0 Å². The van der Waals surface area contributed by atoms with E-state index in [0.717, 1.165) is 18.7 Å². The van der Waals surface area contributed by atoms with Gasteiger partial charge in [0.1, 0.15) is 6.61 Å². The summed E-state index contributed by atoms with van der Waals surface area (Å²) in [7, 11) is 0. The van der Waals surface area contributed by atoms with Crippen molar-refractivity contribution >= 4 is 6.09 Å². The van der Waals surface area contributed by atoms with Crippen molar-refractivity contribution in [3.63, 3.8) is 0 Å². The summed E-state index contributed by atoms with van der Waals surface area (Å²) >= 11 is 0. The molecule has 0 bridgehead atoms. The van der Waals surface area contributed by atoms with Gasteiger partial charge < -0.3 is 15.4 Å². The minimum Gasteiger partial charge on any atom is -0.445 e. The highest BCUT2D eigenvalue weighted by molar-refractivity contribution is 5.68. The maximum absolute atomic E-state index is 11.8. The highest BCUT2D eigenvalue weighted by Crippen LogP contribution is 2.43. The molecule has 1 saturated heterocycles. The van der Waals surface area contributed by atoms with E-state index in [2.05, 4.69) is 0 Å². The Morgan fingerprint density at radius 3 is 2.59 bits per heavy atom. The molecule has 1 aromatic carbocycles. The number of ether oxygens (including phenoxy) is 1. The smallest absolute Gasteiger partial charge is 0.410 e. The highest BCUT2D eigenvalue weighted by atomic mass is 16.6. The topological polar surface area (TPSA) is 55.6 Å². The molecule has 2 N–H and O–H groups in total. The molecular formula is C13H16N2O2. The molecule has 1 amide bonds. The first-order valence-electron chi connectivity index (χ1n) is 5.97. The van der Waals surface area contributed by atoms with Crippen LogP contribution in [0.3, 0.4) is 0 Å². The Kier molecular flexibility index (Phi) is 2.52. The molecule has 0 radical (unpaired) electrons. The molecule has 1 aliphatic heterocycles. The molecule has 4 heteroatoms.